The molecule has 1 aromatic carbocycles. The van der Waals surface area contributed by atoms with Crippen molar-refractivity contribution in [3.63, 3.8) is 0 Å². The molecule has 0 unspecified atom stereocenters. The van der Waals surface area contributed by atoms with E-state index in [9.17, 15) is 18.0 Å². The van der Waals surface area contributed by atoms with Crippen LogP contribution in [0.5, 0.6) is 0 Å². The predicted octanol–water partition coefficient (Wildman–Crippen LogP) is 2.15. The Morgan fingerprint density at radius 3 is 2.33 bits per heavy atom. The number of rotatable bonds is 3. The van der Waals surface area contributed by atoms with Crippen molar-refractivity contribution in [3.05, 3.63) is 34.9 Å². The van der Waals surface area contributed by atoms with Crippen LogP contribution in [0.4, 0.5) is 13.2 Å². The van der Waals surface area contributed by atoms with E-state index in [1.54, 1.807) is 0 Å². The van der Waals surface area contributed by atoms with Crippen LogP contribution >= 0.6 is 0 Å². The number of halogens is 3. The third-order valence-electron chi connectivity index (χ3n) is 3.57. The minimum Gasteiger partial charge on any atom is -0.478 e. The van der Waals surface area contributed by atoms with Crippen molar-refractivity contribution in [3.8, 4) is 0 Å². The Labute approximate surface area is 120 Å². The van der Waals surface area contributed by atoms with Gasteiger partial charge in [-0.1, -0.05) is 0 Å². The van der Waals surface area contributed by atoms with Crippen LogP contribution in [0.1, 0.15) is 21.5 Å². The largest absolute Gasteiger partial charge is 0.478 e. The van der Waals surface area contributed by atoms with Gasteiger partial charge in [0, 0.05) is 32.7 Å². The van der Waals surface area contributed by atoms with Crippen molar-refractivity contribution in [2.45, 2.75) is 12.7 Å². The first-order chi connectivity index (χ1) is 9.75. The Morgan fingerprint density at radius 1 is 1.19 bits per heavy atom. The SMILES string of the molecule is CN1CCN(Cc2cc(C(=O)O)cc(C(F)(F)F)c2)CC1. The van der Waals surface area contributed by atoms with E-state index in [0.29, 0.717) is 18.2 Å². The van der Waals surface area contributed by atoms with E-state index in [-0.39, 0.29) is 5.56 Å². The number of carbonyl (C=O) groups is 1. The average Bonchev–Trinajstić information content (AvgIpc) is 2.40. The van der Waals surface area contributed by atoms with Crippen molar-refractivity contribution < 1.29 is 23.1 Å². The van der Waals surface area contributed by atoms with E-state index in [4.69, 9.17) is 5.11 Å². The summed E-state index contributed by atoms with van der Waals surface area (Å²) in [5, 5.41) is 8.95. The molecule has 0 amide bonds. The molecule has 1 aliphatic heterocycles. The second kappa shape index (κ2) is 6.03. The van der Waals surface area contributed by atoms with Gasteiger partial charge in [-0.15, -0.1) is 0 Å². The molecular weight excluding hydrogens is 285 g/mol. The summed E-state index contributed by atoms with van der Waals surface area (Å²) in [6, 6.07) is 3.02. The molecule has 7 heteroatoms. The molecular formula is C14H17F3N2O2. The molecule has 0 bridgehead atoms. The lowest BCUT2D eigenvalue weighted by Gasteiger charge is -2.32. The van der Waals surface area contributed by atoms with Crippen LogP contribution in [0.25, 0.3) is 0 Å². The molecule has 1 aromatic rings. The number of aromatic carboxylic acids is 1. The highest BCUT2D eigenvalue weighted by Gasteiger charge is 2.32. The van der Waals surface area contributed by atoms with Gasteiger partial charge >= 0.3 is 12.1 Å². The second-order valence-corrected chi connectivity index (χ2v) is 5.30. The molecule has 116 valence electrons. The molecule has 0 saturated carbocycles. The standard InChI is InChI=1S/C14H17F3N2O2/c1-18-2-4-19(5-3-18)9-10-6-11(13(20)21)8-12(7-10)14(15,16)17/h6-8H,2-5,9H2,1H3,(H,20,21). The van der Waals surface area contributed by atoms with E-state index >= 15 is 0 Å². The van der Waals surface area contributed by atoms with E-state index in [1.807, 2.05) is 11.9 Å². The van der Waals surface area contributed by atoms with E-state index in [2.05, 4.69) is 4.90 Å². The van der Waals surface area contributed by atoms with Crippen LogP contribution in [-0.2, 0) is 12.7 Å². The zero-order chi connectivity index (χ0) is 15.6. The number of piperazine rings is 1. The Morgan fingerprint density at radius 2 is 1.81 bits per heavy atom. The van der Waals surface area contributed by atoms with Crippen LogP contribution in [0.2, 0.25) is 0 Å². The Balaban J connectivity index is 2.22. The maximum absolute atomic E-state index is 12.8. The maximum atomic E-state index is 12.8. The lowest BCUT2D eigenvalue weighted by molar-refractivity contribution is -0.137. The van der Waals surface area contributed by atoms with Crippen LogP contribution in [0.15, 0.2) is 18.2 Å². The third-order valence-corrected chi connectivity index (χ3v) is 3.57. The molecule has 0 spiro atoms. The number of likely N-dealkylation sites (N-methyl/N-ethyl adjacent to an activating group) is 1. The lowest BCUT2D eigenvalue weighted by Crippen LogP contribution is -2.43. The average molecular weight is 302 g/mol. The monoisotopic (exact) mass is 302 g/mol. The highest BCUT2D eigenvalue weighted by Crippen LogP contribution is 2.31. The molecule has 0 aromatic heterocycles. The van der Waals surface area contributed by atoms with Crippen molar-refractivity contribution in [1.82, 2.24) is 9.80 Å². The topological polar surface area (TPSA) is 43.8 Å². The van der Waals surface area contributed by atoms with Gasteiger partial charge in [-0.05, 0) is 30.8 Å². The number of alkyl halides is 3. The number of benzene rings is 1. The van der Waals surface area contributed by atoms with Crippen molar-refractivity contribution in [2.24, 2.45) is 0 Å². The van der Waals surface area contributed by atoms with Gasteiger partial charge in [0.15, 0.2) is 0 Å². The van der Waals surface area contributed by atoms with Gasteiger partial charge in [0.1, 0.15) is 0 Å². The summed E-state index contributed by atoms with van der Waals surface area (Å²) < 4.78 is 38.5. The molecule has 0 aliphatic carbocycles. The summed E-state index contributed by atoms with van der Waals surface area (Å²) in [6.45, 7) is 3.55. The number of carboxylic acid groups (broad SMARTS) is 1. The quantitative estimate of drug-likeness (QED) is 0.929. The Hall–Kier alpha value is -1.60. The van der Waals surface area contributed by atoms with Gasteiger partial charge in [-0.2, -0.15) is 13.2 Å². The van der Waals surface area contributed by atoms with Gasteiger partial charge < -0.3 is 10.0 Å². The predicted molar refractivity (Wildman–Crippen MR) is 71.2 cm³/mol. The maximum Gasteiger partial charge on any atom is 0.416 e. The first kappa shape index (κ1) is 15.8. The van der Waals surface area contributed by atoms with Gasteiger partial charge in [0.2, 0.25) is 0 Å². The summed E-state index contributed by atoms with van der Waals surface area (Å²) in [6.07, 6.45) is -4.54. The van der Waals surface area contributed by atoms with Crippen LogP contribution in [0.3, 0.4) is 0 Å². The number of hydrogen-bond acceptors (Lipinski definition) is 3. The van der Waals surface area contributed by atoms with Gasteiger partial charge in [0.25, 0.3) is 0 Å². The smallest absolute Gasteiger partial charge is 0.416 e. The fourth-order valence-electron chi connectivity index (χ4n) is 2.33. The number of carboxylic acids is 1. The molecule has 4 nitrogen and oxygen atoms in total. The summed E-state index contributed by atoms with van der Waals surface area (Å²) in [5.74, 6) is -1.35. The Kier molecular flexibility index (Phi) is 4.53. The summed E-state index contributed by atoms with van der Waals surface area (Å²) in [4.78, 5) is 15.2. The number of hydrogen-bond donors (Lipinski definition) is 1. The lowest BCUT2D eigenvalue weighted by atomic mass is 10.0. The van der Waals surface area contributed by atoms with Gasteiger partial charge in [0.05, 0.1) is 11.1 Å². The van der Waals surface area contributed by atoms with Crippen molar-refractivity contribution in [2.75, 3.05) is 33.2 Å². The molecule has 0 radical (unpaired) electrons. The first-order valence-electron chi connectivity index (χ1n) is 6.61. The fraction of sp³-hybridized carbons (Fsp3) is 0.500. The molecule has 2 rings (SSSR count). The molecule has 1 N–H and O–H groups in total. The second-order valence-electron chi connectivity index (χ2n) is 5.30. The van der Waals surface area contributed by atoms with Crippen LogP contribution < -0.4 is 0 Å². The molecule has 1 heterocycles. The van der Waals surface area contributed by atoms with E-state index < -0.39 is 17.7 Å². The van der Waals surface area contributed by atoms with E-state index in [1.165, 1.54) is 6.07 Å². The van der Waals surface area contributed by atoms with Gasteiger partial charge in [-0.3, -0.25) is 4.90 Å². The summed E-state index contributed by atoms with van der Waals surface area (Å²) >= 11 is 0. The normalized spacial score (nSPS) is 17.9. The van der Waals surface area contributed by atoms with Crippen molar-refractivity contribution in [1.29, 1.82) is 0 Å². The first-order valence-corrected chi connectivity index (χ1v) is 6.61. The highest BCUT2D eigenvalue weighted by molar-refractivity contribution is 5.88. The summed E-state index contributed by atoms with van der Waals surface area (Å²) in [5.41, 5.74) is -0.854. The zero-order valence-corrected chi connectivity index (χ0v) is 11.7. The van der Waals surface area contributed by atoms with Crippen LogP contribution in [-0.4, -0.2) is 54.1 Å². The minimum atomic E-state index is -4.54. The highest BCUT2D eigenvalue weighted by atomic mass is 19.4. The van der Waals surface area contributed by atoms with Crippen LogP contribution in [0, 0.1) is 0 Å². The fourth-order valence-corrected chi connectivity index (χ4v) is 2.33. The zero-order valence-electron chi connectivity index (χ0n) is 11.7. The molecule has 21 heavy (non-hydrogen) atoms. The Bertz CT molecular complexity index is 523. The molecule has 1 saturated heterocycles. The van der Waals surface area contributed by atoms with Gasteiger partial charge in [-0.25, -0.2) is 4.79 Å². The minimum absolute atomic E-state index is 0.325. The summed E-state index contributed by atoms with van der Waals surface area (Å²) in [7, 11) is 1.99. The van der Waals surface area contributed by atoms with E-state index in [0.717, 1.165) is 32.2 Å². The molecule has 1 fully saturated rings. The third kappa shape index (κ3) is 4.18. The van der Waals surface area contributed by atoms with Crippen molar-refractivity contribution >= 4 is 5.97 Å². The molecule has 0 atom stereocenters. The number of nitrogens with zero attached hydrogens (tertiary/aromatic N) is 2. The molecule has 1 aliphatic rings.